The fourth-order valence-electron chi connectivity index (χ4n) is 4.23. The van der Waals surface area contributed by atoms with Crippen LogP contribution in [0.15, 0.2) is 34.4 Å². The predicted octanol–water partition coefficient (Wildman–Crippen LogP) is 2.31. The van der Waals surface area contributed by atoms with Crippen molar-refractivity contribution in [3.8, 4) is 0 Å². The van der Waals surface area contributed by atoms with E-state index in [1.807, 2.05) is 24.3 Å². The molecular weight excluding hydrogens is 358 g/mol. The van der Waals surface area contributed by atoms with E-state index < -0.39 is 0 Å². The summed E-state index contributed by atoms with van der Waals surface area (Å²) in [5.41, 5.74) is 4.23. The number of hydrogen-bond donors (Lipinski definition) is 1. The summed E-state index contributed by atoms with van der Waals surface area (Å²) in [6.07, 6.45) is 7.12. The Hall–Kier alpha value is -2.61. The van der Waals surface area contributed by atoms with E-state index in [0.29, 0.717) is 24.8 Å². The Bertz CT molecular complexity index is 867. The Morgan fingerprint density at radius 3 is 2.89 bits per heavy atom. The summed E-state index contributed by atoms with van der Waals surface area (Å²) in [4.78, 5) is 19.3. The van der Waals surface area contributed by atoms with E-state index >= 15 is 0 Å². The molecule has 0 spiro atoms. The number of rotatable bonds is 4. The third kappa shape index (κ3) is 3.56. The number of methoxy groups -OCH3 is 2. The first-order valence-electron chi connectivity index (χ1n) is 9.70. The molecule has 8 nitrogen and oxygen atoms in total. The monoisotopic (exact) mass is 385 g/mol. The van der Waals surface area contributed by atoms with Crippen molar-refractivity contribution in [2.24, 2.45) is 18.0 Å². The lowest BCUT2D eigenvalue weighted by atomic mass is 9.91. The van der Waals surface area contributed by atoms with Crippen molar-refractivity contribution in [3.63, 3.8) is 0 Å². The molecule has 2 amide bonds. The van der Waals surface area contributed by atoms with Gasteiger partial charge in [0.15, 0.2) is 0 Å². The Morgan fingerprint density at radius 2 is 2.18 bits per heavy atom. The van der Waals surface area contributed by atoms with Gasteiger partial charge in [-0.05, 0) is 18.4 Å². The van der Waals surface area contributed by atoms with Crippen LogP contribution in [-0.2, 0) is 16.5 Å². The molecular formula is C20H27N5O3. The van der Waals surface area contributed by atoms with Crippen LogP contribution < -0.4 is 5.32 Å². The van der Waals surface area contributed by atoms with Crippen LogP contribution in [0.25, 0.3) is 5.57 Å². The van der Waals surface area contributed by atoms with E-state index in [1.165, 1.54) is 0 Å². The molecule has 0 bridgehead atoms. The van der Waals surface area contributed by atoms with Crippen LogP contribution in [0.1, 0.15) is 31.2 Å². The van der Waals surface area contributed by atoms with Crippen molar-refractivity contribution in [1.82, 2.24) is 20.0 Å². The Kier molecular flexibility index (Phi) is 5.21. The zero-order valence-corrected chi connectivity index (χ0v) is 16.7. The minimum atomic E-state index is -0.0842. The number of hydrogen-bond acceptors (Lipinski definition) is 5. The Balaban J connectivity index is 1.54. The molecule has 1 aliphatic carbocycles. The molecule has 2 aliphatic heterocycles. The molecule has 28 heavy (non-hydrogen) atoms. The molecule has 1 N–H and O–H groups in total. The van der Waals surface area contributed by atoms with Crippen LogP contribution in [0, 0.1) is 5.92 Å². The summed E-state index contributed by atoms with van der Waals surface area (Å²) < 4.78 is 12.6. The van der Waals surface area contributed by atoms with E-state index in [1.54, 1.807) is 18.9 Å². The number of carbonyl (C=O) groups excluding carboxylic acids is 1. The third-order valence-corrected chi connectivity index (χ3v) is 5.63. The molecule has 0 aromatic carbocycles. The van der Waals surface area contributed by atoms with Gasteiger partial charge >= 0.3 is 6.03 Å². The van der Waals surface area contributed by atoms with Gasteiger partial charge in [-0.2, -0.15) is 5.10 Å². The number of likely N-dealkylation sites (tertiary alicyclic amines) is 1. The van der Waals surface area contributed by atoms with Crippen LogP contribution in [0.4, 0.5) is 4.79 Å². The number of urea groups is 1. The minimum absolute atomic E-state index is 0.0842. The number of aromatic nitrogens is 2. The smallest absolute Gasteiger partial charge is 0.322 e. The highest BCUT2D eigenvalue weighted by molar-refractivity contribution is 6.03. The molecule has 0 radical (unpaired) electrons. The van der Waals surface area contributed by atoms with Crippen LogP contribution in [0.5, 0.6) is 0 Å². The number of aliphatic imine (C=N–C) groups is 1. The van der Waals surface area contributed by atoms with Crippen molar-refractivity contribution >= 4 is 17.4 Å². The summed E-state index contributed by atoms with van der Waals surface area (Å²) in [5.74, 6) is 2.05. The number of carbonyl (C=O) groups is 1. The van der Waals surface area contributed by atoms with Gasteiger partial charge in [-0.3, -0.25) is 10.00 Å². The van der Waals surface area contributed by atoms with E-state index in [2.05, 4.69) is 10.4 Å². The average Bonchev–Trinajstić information content (AvgIpc) is 3.40. The van der Waals surface area contributed by atoms with Crippen molar-refractivity contribution in [3.05, 3.63) is 35.0 Å². The topological polar surface area (TPSA) is 81.0 Å². The fraction of sp³-hybridized carbons (Fsp3) is 0.550. The van der Waals surface area contributed by atoms with E-state index in [-0.39, 0.29) is 6.03 Å². The van der Waals surface area contributed by atoms with Gasteiger partial charge in [0.1, 0.15) is 11.6 Å². The van der Waals surface area contributed by atoms with Crippen LogP contribution in [0.3, 0.4) is 0 Å². The molecule has 0 unspecified atom stereocenters. The van der Waals surface area contributed by atoms with Crippen molar-refractivity contribution in [2.75, 3.05) is 33.9 Å². The second kappa shape index (κ2) is 7.79. The molecule has 0 saturated carbocycles. The van der Waals surface area contributed by atoms with Crippen LogP contribution in [0.2, 0.25) is 0 Å². The maximum absolute atomic E-state index is 12.7. The van der Waals surface area contributed by atoms with Gasteiger partial charge in [-0.25, -0.2) is 9.79 Å². The lowest BCUT2D eigenvalue weighted by molar-refractivity contribution is 0.154. The summed E-state index contributed by atoms with van der Waals surface area (Å²) in [6, 6.07) is -0.0842. The first-order valence-corrected chi connectivity index (χ1v) is 9.70. The number of amides is 2. The molecule has 1 aromatic heterocycles. The van der Waals surface area contributed by atoms with Gasteiger partial charge in [0, 0.05) is 63.3 Å². The summed E-state index contributed by atoms with van der Waals surface area (Å²) >= 11 is 0. The predicted molar refractivity (Wildman–Crippen MR) is 106 cm³/mol. The number of nitrogens with one attached hydrogen (secondary N) is 1. The SMILES string of the molecule is COC[C@@H]1CCN(C(=O)NC2=NC3=C(c4cnn(C)c4)CCC(OC)=C3C2)C1. The molecule has 1 saturated heterocycles. The number of aryl methyl sites for hydroxylation is 1. The molecule has 1 atom stereocenters. The molecule has 8 heteroatoms. The number of fused-ring (bicyclic) bond motifs is 1. The van der Waals surface area contributed by atoms with Crippen molar-refractivity contribution in [2.45, 2.75) is 25.7 Å². The van der Waals surface area contributed by atoms with E-state index in [4.69, 9.17) is 14.5 Å². The average molecular weight is 385 g/mol. The number of allylic oxidation sites excluding steroid dienone is 3. The minimum Gasteiger partial charge on any atom is -0.501 e. The van der Waals surface area contributed by atoms with Gasteiger partial charge in [-0.1, -0.05) is 0 Å². The quantitative estimate of drug-likeness (QED) is 0.862. The molecule has 4 rings (SSSR count). The van der Waals surface area contributed by atoms with Gasteiger partial charge in [-0.15, -0.1) is 0 Å². The van der Waals surface area contributed by atoms with E-state index in [0.717, 1.165) is 60.5 Å². The van der Waals surface area contributed by atoms with Crippen molar-refractivity contribution in [1.29, 1.82) is 0 Å². The largest absolute Gasteiger partial charge is 0.501 e. The van der Waals surface area contributed by atoms with E-state index in [9.17, 15) is 4.79 Å². The Morgan fingerprint density at radius 1 is 1.32 bits per heavy atom. The third-order valence-electron chi connectivity index (χ3n) is 5.63. The first-order chi connectivity index (χ1) is 13.6. The molecule has 150 valence electrons. The zero-order chi connectivity index (χ0) is 19.7. The van der Waals surface area contributed by atoms with Gasteiger partial charge in [0.2, 0.25) is 0 Å². The van der Waals surface area contributed by atoms with Gasteiger partial charge in [0.25, 0.3) is 0 Å². The summed E-state index contributed by atoms with van der Waals surface area (Å²) in [7, 11) is 5.31. The lowest BCUT2D eigenvalue weighted by Gasteiger charge is -2.19. The molecule has 1 aromatic rings. The standard InChI is InChI=1S/C20H27N5O3/c1-24-11-14(9-21-24)15-4-5-17(28-3)16-8-18(22-19(15)16)23-20(26)25-7-6-13(10-25)12-27-2/h9,11,13H,4-8,10,12H2,1-3H3,(H,22,23,26)/t13-/m1/s1. The van der Waals surface area contributed by atoms with Gasteiger partial charge in [0.05, 0.1) is 25.6 Å². The summed E-state index contributed by atoms with van der Waals surface area (Å²) in [6.45, 7) is 2.17. The highest BCUT2D eigenvalue weighted by Gasteiger charge is 2.32. The van der Waals surface area contributed by atoms with Gasteiger partial charge < -0.3 is 14.4 Å². The second-order valence-electron chi connectivity index (χ2n) is 7.56. The van der Waals surface area contributed by atoms with Crippen molar-refractivity contribution < 1.29 is 14.3 Å². The molecule has 3 heterocycles. The van der Waals surface area contributed by atoms with Crippen LogP contribution >= 0.6 is 0 Å². The highest BCUT2D eigenvalue weighted by atomic mass is 16.5. The number of nitrogens with zero attached hydrogens (tertiary/aromatic N) is 4. The molecule has 3 aliphatic rings. The maximum atomic E-state index is 12.7. The Labute approximate surface area is 164 Å². The summed E-state index contributed by atoms with van der Waals surface area (Å²) in [5, 5.41) is 7.30. The van der Waals surface area contributed by atoms with Crippen LogP contribution in [-0.4, -0.2) is 60.5 Å². The first kappa shape index (κ1) is 18.7. The number of ether oxygens (including phenoxy) is 2. The normalized spacial score (nSPS) is 21.9. The lowest BCUT2D eigenvalue weighted by Crippen LogP contribution is -2.41. The highest BCUT2D eigenvalue weighted by Crippen LogP contribution is 2.41. The number of amidine groups is 1. The maximum Gasteiger partial charge on any atom is 0.322 e. The molecule has 1 fully saturated rings. The fourth-order valence-corrected chi connectivity index (χ4v) is 4.23. The second-order valence-corrected chi connectivity index (χ2v) is 7.56. The zero-order valence-electron chi connectivity index (χ0n) is 16.7.